The zero-order valence-electron chi connectivity index (χ0n) is 9.07. The molecule has 0 aliphatic heterocycles. The topological polar surface area (TPSA) is 17.8 Å². The quantitative estimate of drug-likeness (QED) is 0.636. The standard InChI is InChI=1S/C13H14N2/c1-9-3-4-12-10(7-9)11-8-14-6-5-13(11)15(12)2/h3-6,8-9H,7H2,1-2H3. The Hall–Kier alpha value is -1.57. The van der Waals surface area contributed by atoms with E-state index in [9.17, 15) is 0 Å². The molecule has 2 heteroatoms. The lowest BCUT2D eigenvalue weighted by Crippen LogP contribution is -2.03. The third-order valence-electron chi connectivity index (χ3n) is 3.26. The van der Waals surface area contributed by atoms with Crippen LogP contribution in [0.3, 0.4) is 0 Å². The highest BCUT2D eigenvalue weighted by molar-refractivity contribution is 5.88. The van der Waals surface area contributed by atoms with Crippen LogP contribution in [-0.2, 0) is 13.5 Å². The van der Waals surface area contributed by atoms with Crippen LogP contribution in [0, 0.1) is 5.92 Å². The molecule has 0 N–H and O–H groups in total. The molecule has 0 saturated carbocycles. The van der Waals surface area contributed by atoms with E-state index >= 15 is 0 Å². The Morgan fingerprint density at radius 3 is 3.20 bits per heavy atom. The second-order valence-electron chi connectivity index (χ2n) is 4.36. The van der Waals surface area contributed by atoms with Crippen molar-refractivity contribution in [2.45, 2.75) is 13.3 Å². The van der Waals surface area contributed by atoms with E-state index in [0.29, 0.717) is 5.92 Å². The highest BCUT2D eigenvalue weighted by Crippen LogP contribution is 2.31. The van der Waals surface area contributed by atoms with Gasteiger partial charge in [-0.05, 0) is 30.0 Å². The van der Waals surface area contributed by atoms with Crippen molar-refractivity contribution in [3.8, 4) is 0 Å². The van der Waals surface area contributed by atoms with Gasteiger partial charge in [-0.25, -0.2) is 0 Å². The molecular formula is C13H14N2. The minimum atomic E-state index is 0.642. The van der Waals surface area contributed by atoms with Crippen molar-refractivity contribution in [3.63, 3.8) is 0 Å². The van der Waals surface area contributed by atoms with Crippen molar-refractivity contribution in [1.29, 1.82) is 0 Å². The average molecular weight is 198 g/mol. The van der Waals surface area contributed by atoms with Crippen LogP contribution in [0.4, 0.5) is 0 Å². The maximum atomic E-state index is 4.22. The van der Waals surface area contributed by atoms with Crippen molar-refractivity contribution >= 4 is 17.0 Å². The first-order chi connectivity index (χ1) is 7.27. The molecule has 0 amide bonds. The van der Waals surface area contributed by atoms with E-state index in [4.69, 9.17) is 0 Å². The van der Waals surface area contributed by atoms with Gasteiger partial charge in [0.15, 0.2) is 0 Å². The number of rotatable bonds is 0. The maximum absolute atomic E-state index is 4.22. The van der Waals surface area contributed by atoms with Gasteiger partial charge in [-0.1, -0.05) is 13.0 Å². The van der Waals surface area contributed by atoms with E-state index < -0.39 is 0 Å². The van der Waals surface area contributed by atoms with Crippen LogP contribution < -0.4 is 0 Å². The molecule has 0 radical (unpaired) electrons. The number of pyridine rings is 1. The molecule has 0 saturated heterocycles. The summed E-state index contributed by atoms with van der Waals surface area (Å²) in [6.45, 7) is 2.26. The maximum Gasteiger partial charge on any atom is 0.0516 e. The number of hydrogen-bond acceptors (Lipinski definition) is 1. The lowest BCUT2D eigenvalue weighted by Gasteiger charge is -2.13. The molecule has 76 valence electrons. The minimum Gasteiger partial charge on any atom is -0.344 e. The lowest BCUT2D eigenvalue weighted by molar-refractivity contribution is 0.714. The molecule has 0 bridgehead atoms. The fourth-order valence-corrected chi connectivity index (χ4v) is 2.45. The van der Waals surface area contributed by atoms with Gasteiger partial charge in [0.1, 0.15) is 0 Å². The molecule has 2 nitrogen and oxygen atoms in total. The summed E-state index contributed by atoms with van der Waals surface area (Å²) in [5.41, 5.74) is 4.08. The zero-order valence-corrected chi connectivity index (χ0v) is 9.07. The Morgan fingerprint density at radius 1 is 1.47 bits per heavy atom. The van der Waals surface area contributed by atoms with Crippen molar-refractivity contribution in [2.24, 2.45) is 13.0 Å². The van der Waals surface area contributed by atoms with Crippen LogP contribution in [0.1, 0.15) is 18.2 Å². The Balaban J connectivity index is 2.39. The van der Waals surface area contributed by atoms with Gasteiger partial charge in [0.2, 0.25) is 0 Å². The van der Waals surface area contributed by atoms with Gasteiger partial charge in [-0.15, -0.1) is 0 Å². The summed E-state index contributed by atoms with van der Waals surface area (Å²) in [6, 6.07) is 2.09. The predicted molar refractivity (Wildman–Crippen MR) is 62.6 cm³/mol. The Kier molecular flexibility index (Phi) is 1.72. The van der Waals surface area contributed by atoms with Gasteiger partial charge in [-0.2, -0.15) is 0 Å². The minimum absolute atomic E-state index is 0.642. The molecule has 0 fully saturated rings. The second kappa shape index (κ2) is 2.96. The first kappa shape index (κ1) is 8.72. The van der Waals surface area contributed by atoms with Gasteiger partial charge in [-0.3, -0.25) is 4.98 Å². The first-order valence-electron chi connectivity index (χ1n) is 5.37. The summed E-state index contributed by atoms with van der Waals surface area (Å²) in [5.74, 6) is 0.642. The van der Waals surface area contributed by atoms with Gasteiger partial charge in [0.25, 0.3) is 0 Å². The molecule has 15 heavy (non-hydrogen) atoms. The molecule has 1 aliphatic carbocycles. The molecule has 0 aromatic carbocycles. The van der Waals surface area contributed by atoms with Gasteiger partial charge in [0.05, 0.1) is 5.52 Å². The molecule has 3 rings (SSSR count). The summed E-state index contributed by atoms with van der Waals surface area (Å²) < 4.78 is 2.26. The lowest BCUT2D eigenvalue weighted by atomic mass is 9.94. The van der Waals surface area contributed by atoms with E-state index in [1.165, 1.54) is 22.2 Å². The Labute approximate surface area is 89.2 Å². The molecule has 1 unspecified atom stereocenters. The van der Waals surface area contributed by atoms with Crippen LogP contribution in [0.25, 0.3) is 17.0 Å². The highest BCUT2D eigenvalue weighted by atomic mass is 15.0. The summed E-state index contributed by atoms with van der Waals surface area (Å²) in [4.78, 5) is 4.22. The molecule has 2 aromatic heterocycles. The smallest absolute Gasteiger partial charge is 0.0516 e. The number of nitrogens with zero attached hydrogens (tertiary/aromatic N) is 2. The fourth-order valence-electron chi connectivity index (χ4n) is 2.45. The molecule has 0 spiro atoms. The first-order valence-corrected chi connectivity index (χ1v) is 5.37. The Bertz CT molecular complexity index is 549. The third-order valence-corrected chi connectivity index (χ3v) is 3.26. The highest BCUT2D eigenvalue weighted by Gasteiger charge is 2.17. The Morgan fingerprint density at radius 2 is 2.33 bits per heavy atom. The number of aryl methyl sites for hydroxylation is 1. The largest absolute Gasteiger partial charge is 0.344 e. The fraction of sp³-hybridized carbons (Fsp3) is 0.308. The monoisotopic (exact) mass is 198 g/mol. The van der Waals surface area contributed by atoms with Crippen molar-refractivity contribution in [3.05, 3.63) is 35.8 Å². The van der Waals surface area contributed by atoms with Crippen LogP contribution in [0.2, 0.25) is 0 Å². The van der Waals surface area contributed by atoms with Crippen LogP contribution in [0.5, 0.6) is 0 Å². The van der Waals surface area contributed by atoms with Crippen molar-refractivity contribution in [2.75, 3.05) is 0 Å². The molecule has 1 atom stereocenters. The van der Waals surface area contributed by atoms with Gasteiger partial charge in [0, 0.05) is 30.5 Å². The predicted octanol–water partition coefficient (Wildman–Crippen LogP) is 2.78. The van der Waals surface area contributed by atoms with Crippen LogP contribution in [0.15, 0.2) is 24.5 Å². The van der Waals surface area contributed by atoms with E-state index in [0.717, 1.165) is 6.42 Å². The van der Waals surface area contributed by atoms with Gasteiger partial charge < -0.3 is 4.57 Å². The summed E-state index contributed by atoms with van der Waals surface area (Å²) in [7, 11) is 2.13. The van der Waals surface area contributed by atoms with E-state index in [1.807, 2.05) is 12.4 Å². The van der Waals surface area contributed by atoms with Crippen LogP contribution in [-0.4, -0.2) is 9.55 Å². The normalized spacial score (nSPS) is 19.5. The van der Waals surface area contributed by atoms with Crippen molar-refractivity contribution < 1.29 is 0 Å². The molecule has 2 heterocycles. The zero-order chi connectivity index (χ0) is 10.4. The van der Waals surface area contributed by atoms with Crippen molar-refractivity contribution in [1.82, 2.24) is 9.55 Å². The van der Waals surface area contributed by atoms with Gasteiger partial charge >= 0.3 is 0 Å². The SMILES string of the molecule is CC1C=Cc2c(c3cnccc3n2C)C1. The second-order valence-corrected chi connectivity index (χ2v) is 4.36. The molecular weight excluding hydrogens is 184 g/mol. The third kappa shape index (κ3) is 1.14. The number of allylic oxidation sites excluding steroid dienone is 1. The molecule has 2 aromatic rings. The summed E-state index contributed by atoms with van der Waals surface area (Å²) in [5, 5.41) is 1.31. The summed E-state index contributed by atoms with van der Waals surface area (Å²) >= 11 is 0. The van der Waals surface area contributed by atoms with E-state index in [-0.39, 0.29) is 0 Å². The van der Waals surface area contributed by atoms with Crippen LogP contribution >= 0.6 is 0 Å². The number of fused-ring (bicyclic) bond motifs is 3. The van der Waals surface area contributed by atoms with E-state index in [2.05, 4.69) is 41.7 Å². The number of hydrogen-bond donors (Lipinski definition) is 0. The molecule has 1 aliphatic rings. The summed E-state index contributed by atoms with van der Waals surface area (Å²) in [6.07, 6.45) is 9.51. The van der Waals surface area contributed by atoms with E-state index in [1.54, 1.807) is 0 Å². The number of aromatic nitrogens is 2. The average Bonchev–Trinajstić information content (AvgIpc) is 2.54.